The van der Waals surface area contributed by atoms with Crippen molar-refractivity contribution in [3.63, 3.8) is 0 Å². The highest BCUT2D eigenvalue weighted by molar-refractivity contribution is 5.94. The normalized spacial score (nSPS) is 18.6. The summed E-state index contributed by atoms with van der Waals surface area (Å²) in [6.45, 7) is 4.13. The lowest BCUT2D eigenvalue weighted by molar-refractivity contribution is -0.152. The predicted molar refractivity (Wildman–Crippen MR) is 87.4 cm³/mol. The molecule has 8 heteroatoms. The Labute approximate surface area is 146 Å². The molecule has 0 N–H and O–H groups in total. The molecule has 2 amide bonds. The van der Waals surface area contributed by atoms with Crippen LogP contribution in [0.3, 0.4) is 0 Å². The Morgan fingerprint density at radius 2 is 1.84 bits per heavy atom. The zero-order valence-corrected chi connectivity index (χ0v) is 14.3. The first-order valence-corrected chi connectivity index (χ1v) is 8.60. The van der Waals surface area contributed by atoms with Crippen molar-refractivity contribution in [2.75, 3.05) is 32.8 Å². The summed E-state index contributed by atoms with van der Waals surface area (Å²) in [7, 11) is 0. The fourth-order valence-electron chi connectivity index (χ4n) is 3.23. The summed E-state index contributed by atoms with van der Waals surface area (Å²) in [5, 5.41) is 0. The number of carbonyl (C=O) groups is 3. The lowest BCUT2D eigenvalue weighted by atomic mass is 9.93. The average Bonchev–Trinajstić information content (AvgIpc) is 2.61. The Kier molecular flexibility index (Phi) is 5.25. The maximum absolute atomic E-state index is 12.5. The molecule has 8 nitrogen and oxygen atoms in total. The van der Waals surface area contributed by atoms with Crippen LogP contribution in [0.1, 0.15) is 30.3 Å². The second-order valence-electron chi connectivity index (χ2n) is 6.35. The number of amides is 2. The van der Waals surface area contributed by atoms with Crippen molar-refractivity contribution in [2.24, 2.45) is 11.8 Å². The Morgan fingerprint density at radius 1 is 1.12 bits per heavy atom. The van der Waals surface area contributed by atoms with E-state index in [0.29, 0.717) is 51.3 Å². The van der Waals surface area contributed by atoms with Gasteiger partial charge in [-0.25, -0.2) is 4.98 Å². The van der Waals surface area contributed by atoms with Gasteiger partial charge in [0.1, 0.15) is 5.69 Å². The second-order valence-corrected chi connectivity index (χ2v) is 6.35. The Balaban J connectivity index is 1.45. The SMILES string of the molecule is CCOC(=O)C1CCN(C(=O)C2CN(C(=O)c3cnccn3)C2)CC1. The summed E-state index contributed by atoms with van der Waals surface area (Å²) < 4.78 is 5.04. The van der Waals surface area contributed by atoms with Crippen molar-refractivity contribution in [1.29, 1.82) is 0 Å². The number of likely N-dealkylation sites (tertiary alicyclic amines) is 2. The molecular formula is C17H22N4O4. The Morgan fingerprint density at radius 3 is 2.44 bits per heavy atom. The zero-order chi connectivity index (χ0) is 17.8. The third-order valence-corrected chi connectivity index (χ3v) is 4.73. The minimum Gasteiger partial charge on any atom is -0.466 e. The summed E-state index contributed by atoms with van der Waals surface area (Å²) in [6, 6.07) is 0. The van der Waals surface area contributed by atoms with E-state index in [1.165, 1.54) is 18.6 Å². The molecule has 134 valence electrons. The maximum atomic E-state index is 12.5. The molecule has 0 unspecified atom stereocenters. The van der Waals surface area contributed by atoms with Crippen molar-refractivity contribution in [1.82, 2.24) is 19.8 Å². The molecule has 0 radical (unpaired) electrons. The van der Waals surface area contributed by atoms with Gasteiger partial charge in [-0.1, -0.05) is 0 Å². The van der Waals surface area contributed by atoms with Crippen molar-refractivity contribution >= 4 is 17.8 Å². The van der Waals surface area contributed by atoms with Crippen LogP contribution in [0.5, 0.6) is 0 Å². The van der Waals surface area contributed by atoms with Gasteiger partial charge in [0.15, 0.2) is 0 Å². The van der Waals surface area contributed by atoms with Crippen molar-refractivity contribution in [2.45, 2.75) is 19.8 Å². The van der Waals surface area contributed by atoms with E-state index in [9.17, 15) is 14.4 Å². The van der Waals surface area contributed by atoms with Gasteiger partial charge in [0.05, 0.1) is 24.6 Å². The topological polar surface area (TPSA) is 92.7 Å². The molecule has 0 atom stereocenters. The summed E-state index contributed by atoms with van der Waals surface area (Å²) in [5.41, 5.74) is 0.295. The van der Waals surface area contributed by atoms with Crippen molar-refractivity contribution < 1.29 is 19.1 Å². The van der Waals surface area contributed by atoms with Crippen LogP contribution in [-0.4, -0.2) is 70.3 Å². The molecule has 0 saturated carbocycles. The van der Waals surface area contributed by atoms with E-state index in [4.69, 9.17) is 4.74 Å². The molecule has 0 aromatic carbocycles. The average molecular weight is 346 g/mol. The number of ether oxygens (including phenoxy) is 1. The highest BCUT2D eigenvalue weighted by atomic mass is 16.5. The smallest absolute Gasteiger partial charge is 0.309 e. The molecule has 25 heavy (non-hydrogen) atoms. The van der Waals surface area contributed by atoms with Crippen LogP contribution >= 0.6 is 0 Å². The van der Waals surface area contributed by atoms with Crippen molar-refractivity contribution in [3.8, 4) is 0 Å². The molecule has 2 fully saturated rings. The molecule has 2 aliphatic heterocycles. The first kappa shape index (κ1) is 17.3. The first-order valence-electron chi connectivity index (χ1n) is 8.60. The lowest BCUT2D eigenvalue weighted by Crippen LogP contribution is -2.57. The van der Waals surface area contributed by atoms with Gasteiger partial charge in [-0.2, -0.15) is 0 Å². The quantitative estimate of drug-likeness (QED) is 0.731. The van der Waals surface area contributed by atoms with E-state index in [2.05, 4.69) is 9.97 Å². The molecule has 1 aromatic heterocycles. The van der Waals surface area contributed by atoms with Gasteiger partial charge in [0.25, 0.3) is 5.91 Å². The van der Waals surface area contributed by atoms with Crippen LogP contribution in [0.25, 0.3) is 0 Å². The number of rotatable bonds is 4. The third kappa shape index (κ3) is 3.78. The summed E-state index contributed by atoms with van der Waals surface area (Å²) >= 11 is 0. The molecule has 3 rings (SSSR count). The number of hydrogen-bond acceptors (Lipinski definition) is 6. The number of carbonyl (C=O) groups excluding carboxylic acids is 3. The van der Waals surface area contributed by atoms with Gasteiger partial charge in [0.2, 0.25) is 5.91 Å². The Hall–Kier alpha value is -2.51. The van der Waals surface area contributed by atoms with Crippen LogP contribution in [0.15, 0.2) is 18.6 Å². The van der Waals surface area contributed by atoms with E-state index in [1.54, 1.807) is 16.7 Å². The fraction of sp³-hybridized carbons (Fsp3) is 0.588. The molecular weight excluding hydrogens is 324 g/mol. The minimum atomic E-state index is -0.196. The van der Waals surface area contributed by atoms with Gasteiger partial charge >= 0.3 is 5.97 Å². The molecule has 2 saturated heterocycles. The minimum absolute atomic E-state index is 0.0607. The standard InChI is InChI=1S/C17H22N4O4/c1-2-25-17(24)12-3-7-20(8-4-12)15(22)13-10-21(11-13)16(23)14-9-18-5-6-19-14/h5-6,9,12-13H,2-4,7-8,10-11H2,1H3. The lowest BCUT2D eigenvalue weighted by Gasteiger charge is -2.41. The maximum Gasteiger partial charge on any atom is 0.309 e. The van der Waals surface area contributed by atoms with Gasteiger partial charge in [-0.05, 0) is 19.8 Å². The van der Waals surface area contributed by atoms with Crippen LogP contribution in [0.4, 0.5) is 0 Å². The van der Waals surface area contributed by atoms with Crippen LogP contribution < -0.4 is 0 Å². The molecule has 0 bridgehead atoms. The van der Waals surface area contributed by atoms with E-state index in [-0.39, 0.29) is 29.6 Å². The molecule has 1 aromatic rings. The van der Waals surface area contributed by atoms with Gasteiger partial charge < -0.3 is 14.5 Å². The van der Waals surface area contributed by atoms with Crippen LogP contribution in [-0.2, 0) is 14.3 Å². The molecule has 0 spiro atoms. The number of nitrogens with zero attached hydrogens (tertiary/aromatic N) is 4. The summed E-state index contributed by atoms with van der Waals surface area (Å²) in [6.07, 6.45) is 5.69. The molecule has 3 heterocycles. The largest absolute Gasteiger partial charge is 0.466 e. The third-order valence-electron chi connectivity index (χ3n) is 4.73. The van der Waals surface area contributed by atoms with Gasteiger partial charge in [-0.3, -0.25) is 19.4 Å². The predicted octanol–water partition coefficient (Wildman–Crippen LogP) is 0.350. The van der Waals surface area contributed by atoms with Crippen LogP contribution in [0, 0.1) is 11.8 Å². The number of aromatic nitrogens is 2. The van der Waals surface area contributed by atoms with Crippen molar-refractivity contribution in [3.05, 3.63) is 24.3 Å². The summed E-state index contributed by atoms with van der Waals surface area (Å²) in [4.78, 5) is 47.8. The number of hydrogen-bond donors (Lipinski definition) is 0. The van der Waals surface area contributed by atoms with Crippen LogP contribution in [0.2, 0.25) is 0 Å². The number of esters is 1. The van der Waals surface area contributed by atoms with E-state index in [1.807, 2.05) is 0 Å². The zero-order valence-electron chi connectivity index (χ0n) is 14.3. The Bertz CT molecular complexity index is 637. The van der Waals surface area contributed by atoms with E-state index >= 15 is 0 Å². The second kappa shape index (κ2) is 7.58. The monoisotopic (exact) mass is 346 g/mol. The van der Waals surface area contributed by atoms with E-state index in [0.717, 1.165) is 0 Å². The first-order chi connectivity index (χ1) is 12.1. The molecule has 0 aliphatic carbocycles. The fourth-order valence-corrected chi connectivity index (χ4v) is 3.23. The highest BCUT2D eigenvalue weighted by Gasteiger charge is 2.40. The summed E-state index contributed by atoms with van der Waals surface area (Å²) in [5.74, 6) is -0.581. The molecule has 2 aliphatic rings. The number of piperidine rings is 1. The van der Waals surface area contributed by atoms with E-state index < -0.39 is 0 Å². The highest BCUT2D eigenvalue weighted by Crippen LogP contribution is 2.24. The van der Waals surface area contributed by atoms with Gasteiger partial charge in [-0.15, -0.1) is 0 Å². The van der Waals surface area contributed by atoms with Gasteiger partial charge in [0, 0.05) is 38.6 Å².